The zero-order valence-electron chi connectivity index (χ0n) is 72.3. The molecular weight excluding hydrogens is 1500 g/mol. The highest BCUT2D eigenvalue weighted by molar-refractivity contribution is 5.88. The van der Waals surface area contributed by atoms with Crippen molar-refractivity contribution in [2.75, 3.05) is 98.2 Å². The van der Waals surface area contributed by atoms with Crippen LogP contribution in [0.1, 0.15) is 285 Å². The minimum atomic E-state index is -0.654. The standard InChI is InChI=1S/C26H39N3O4.C21H31N3O2.C16H28N2O3.C11H20N2O.C11H22N2.C6H13N.5CH4.H2/c1-17-9-11-28(12-10-17)16-22(18-5-6-18)27-24(31)23-14-19-7-8-21(30)13-20(19)15-29(23)25(32)33-26(2,3)4;1-14-6-8-24(9-7-14)13-20(15-2-3-15)23-21(26)19-11-16-4-5-18(25)10-17(16)12-22-19;1-11-7-9-18(10-8-11)14(19)13(12-5-6-12)17-15(20)21-16(2,3)4;1-8-4-6-13(7-5-8)11(14)10(12)9-2-3-9;1-9-4-6-13(7-5-9)8-11(12)10-2-3-10;1-6-2-4-7-5-3-6;;;;;;/h7-8,13,17-18,22-23,30H,5-6,9-12,14-16H2,1-4H3,(H,27,31);4-5,10,14-15,19-20,22,25H,2-3,6-9,11-13H2,1H3,(H,23,26);11-13H,5-10H2,1-4H3,(H,17,20);8-10H,2-7,12H2,1H3;9-11H,2-8,12H2,1H3;6-7H,2-5H2,1H3;5*1H4;1H/t22-,23-;19-,20-;13-;10-;11-;;;;;;;/m11001......./s1/i;;;;;;;;;;;1+1. The zero-order chi connectivity index (χ0) is 82.0. The van der Waals surface area contributed by atoms with Crippen molar-refractivity contribution in [3.8, 4) is 11.5 Å². The number of hydrogen-bond acceptors (Lipinski definition) is 17. The Labute approximate surface area is 723 Å². The van der Waals surface area contributed by atoms with Crippen molar-refractivity contribution in [1.29, 1.82) is 0 Å². The lowest BCUT2D eigenvalue weighted by molar-refractivity contribution is -0.135. The lowest BCUT2D eigenvalue weighted by Gasteiger charge is -2.38. The second-order valence-electron chi connectivity index (χ2n) is 39.5. The first-order chi connectivity index (χ1) is 54.3. The number of phenolic OH excluding ortho intramolecular Hbond substituents is 2. The predicted octanol–water partition coefficient (Wildman–Crippen LogP) is 15.1. The van der Waals surface area contributed by atoms with Crippen LogP contribution in [0.15, 0.2) is 36.4 Å². The van der Waals surface area contributed by atoms with E-state index in [2.05, 4.69) is 82.8 Å². The Bertz CT molecular complexity index is 3350. The summed E-state index contributed by atoms with van der Waals surface area (Å²) < 4.78 is 10.9. The highest BCUT2D eigenvalue weighted by Crippen LogP contribution is 2.39. The molecular formula is C96H175N13O10. The van der Waals surface area contributed by atoms with Crippen molar-refractivity contribution in [2.45, 2.75) is 341 Å². The third-order valence-electron chi connectivity index (χ3n) is 26.3. The minimum absolute atomic E-state index is 0. The van der Waals surface area contributed by atoms with E-state index in [0.717, 1.165) is 181 Å². The van der Waals surface area contributed by atoms with E-state index >= 15 is 0 Å². The van der Waals surface area contributed by atoms with Gasteiger partial charge in [0.25, 0.3) is 0 Å². The molecule has 6 saturated heterocycles. The summed E-state index contributed by atoms with van der Waals surface area (Å²) in [7, 11) is 0. The molecule has 13 aliphatic rings. The molecule has 23 nitrogen and oxygen atoms in total. The minimum Gasteiger partial charge on any atom is -0.508 e. The van der Waals surface area contributed by atoms with Crippen LogP contribution in [0, 0.1) is 65.1 Å². The lowest BCUT2D eigenvalue weighted by atomic mass is 9.93. The van der Waals surface area contributed by atoms with Crippen molar-refractivity contribution in [3.63, 3.8) is 0 Å². The summed E-state index contributed by atoms with van der Waals surface area (Å²) in [5.74, 6) is 8.53. The van der Waals surface area contributed by atoms with E-state index in [1.165, 1.54) is 121 Å². The Balaban J connectivity index is 0.000000315. The normalized spacial score (nSPS) is 23.6. The van der Waals surface area contributed by atoms with Gasteiger partial charge in [-0.25, -0.2) is 9.59 Å². The molecule has 5 saturated carbocycles. The summed E-state index contributed by atoms with van der Waals surface area (Å²) >= 11 is 0. The largest absolute Gasteiger partial charge is 0.508 e. The number of alkyl carbamates (subject to hydrolysis) is 1. The summed E-state index contributed by atoms with van der Waals surface area (Å²) in [5, 5.41) is 35.6. The number of hydrogen-bond donors (Lipinski definition) is 9. The van der Waals surface area contributed by atoms with Crippen LogP contribution in [-0.4, -0.2) is 227 Å². The first kappa shape index (κ1) is 104. The first-order valence-electron chi connectivity index (χ1n) is 45.2. The van der Waals surface area contributed by atoms with Crippen LogP contribution < -0.4 is 38.1 Å². The molecule has 684 valence electrons. The number of carbonyl (C=O) groups excluding carboxylic acids is 6. The second-order valence-corrected chi connectivity index (χ2v) is 39.5. The van der Waals surface area contributed by atoms with Gasteiger partial charge in [-0.2, -0.15) is 0 Å². The number of benzene rings is 2. The molecule has 0 spiro atoms. The maximum Gasteiger partial charge on any atom is 0.411 e. The van der Waals surface area contributed by atoms with Gasteiger partial charge in [0.05, 0.1) is 18.6 Å². The van der Waals surface area contributed by atoms with Gasteiger partial charge in [0.1, 0.15) is 34.8 Å². The summed E-state index contributed by atoms with van der Waals surface area (Å²) in [6, 6.07) is 10.1. The molecule has 0 radical (unpaired) electrons. The van der Waals surface area contributed by atoms with Crippen LogP contribution in [0.25, 0.3) is 0 Å². The number of ether oxygens (including phenoxy) is 2. The van der Waals surface area contributed by atoms with E-state index in [0.29, 0.717) is 55.1 Å². The van der Waals surface area contributed by atoms with Gasteiger partial charge < -0.3 is 82.2 Å². The Morgan fingerprint density at radius 2 is 0.840 bits per heavy atom. The molecule has 23 heteroatoms. The quantitative estimate of drug-likeness (QED) is 0.0670. The molecule has 11 fully saturated rings. The number of nitrogens with two attached hydrogens (primary N) is 2. The SMILES string of the molecule is C.C.C.C.C.CC1CCN(C(=O)[C@@H](N)C2CC2)CC1.CC1CCN(C(=O)[C@@H](NC(=O)OC(C)(C)C)C2CC2)CC1.CC1CCN(C[C@@H](N)C2CC2)CC1.CC1CCN(C[C@@H](NC(=O)[C@H]2Cc3ccc(O)cc3CN2)C2CC2)CC1.CC1CCN(C[C@@H](NC(=O)[C@H]2Cc3ccc(O)cc3CN2C(=O)OC(C)(C)C)C2CC2)CC1.CC1CCNCC1.[2HH]. The lowest BCUT2D eigenvalue weighted by Crippen LogP contribution is -2.57. The van der Waals surface area contributed by atoms with Gasteiger partial charge in [0, 0.05) is 78.3 Å². The summed E-state index contributed by atoms with van der Waals surface area (Å²) in [5.41, 5.74) is 14.9. The molecule has 15 rings (SSSR count). The summed E-state index contributed by atoms with van der Waals surface area (Å²) in [6.07, 6.45) is 26.9. The van der Waals surface area contributed by atoms with Gasteiger partial charge in [0.2, 0.25) is 23.6 Å². The van der Waals surface area contributed by atoms with E-state index in [1.807, 2.05) is 63.5 Å². The van der Waals surface area contributed by atoms with E-state index in [1.54, 1.807) is 24.3 Å². The number of piperidine rings is 6. The molecule has 2 aromatic carbocycles. The average molecular weight is 1670 g/mol. The third-order valence-corrected chi connectivity index (χ3v) is 26.3. The van der Waals surface area contributed by atoms with Gasteiger partial charge in [0.15, 0.2) is 0 Å². The molecule has 0 aromatic heterocycles. The van der Waals surface area contributed by atoms with Crippen LogP contribution in [-0.2, 0) is 54.6 Å². The number of carbonyl (C=O) groups is 6. The van der Waals surface area contributed by atoms with E-state index in [4.69, 9.17) is 20.9 Å². The Hall–Kier alpha value is -5.82. The number of nitrogens with one attached hydrogen (secondary N) is 5. The summed E-state index contributed by atoms with van der Waals surface area (Å²) in [4.78, 5) is 88.9. The molecule has 5 aliphatic carbocycles. The smallest absolute Gasteiger partial charge is 0.411 e. The van der Waals surface area contributed by atoms with E-state index in [9.17, 15) is 39.0 Å². The van der Waals surface area contributed by atoms with Crippen LogP contribution in [0.3, 0.4) is 0 Å². The number of likely N-dealkylation sites (tertiary alicyclic amines) is 5. The number of amides is 6. The monoisotopic (exact) mass is 1670 g/mol. The van der Waals surface area contributed by atoms with Crippen molar-refractivity contribution in [3.05, 3.63) is 58.7 Å². The Morgan fingerprint density at radius 3 is 1.25 bits per heavy atom. The molecule has 6 amide bonds. The molecule has 8 aliphatic heterocycles. The zero-order valence-corrected chi connectivity index (χ0v) is 72.3. The number of nitrogens with zero attached hydrogens (tertiary/aromatic N) is 6. The van der Waals surface area contributed by atoms with Crippen molar-refractivity contribution < 1.29 is 49.9 Å². The van der Waals surface area contributed by atoms with E-state index in [-0.39, 0.29) is 104 Å². The van der Waals surface area contributed by atoms with E-state index < -0.39 is 35.5 Å². The highest BCUT2D eigenvalue weighted by atomic mass is 16.6. The van der Waals surface area contributed by atoms with Gasteiger partial charge in [-0.05, 0) is 353 Å². The molecule has 8 heterocycles. The number of phenols is 2. The van der Waals surface area contributed by atoms with Crippen molar-refractivity contribution in [2.24, 2.45) is 76.6 Å². The topological polar surface area (TPSA) is 293 Å². The molecule has 7 atom stereocenters. The molecule has 119 heavy (non-hydrogen) atoms. The van der Waals surface area contributed by atoms with Crippen molar-refractivity contribution in [1.82, 2.24) is 56.0 Å². The molecule has 0 unspecified atom stereocenters. The Morgan fingerprint density at radius 1 is 0.454 bits per heavy atom. The maximum absolute atomic E-state index is 13.6. The molecule has 0 bridgehead atoms. The van der Waals surface area contributed by atoms with Crippen LogP contribution in [0.2, 0.25) is 0 Å². The Kier molecular flexibility index (Phi) is 42.7. The summed E-state index contributed by atoms with van der Waals surface area (Å²) in [6.45, 7) is 41.7. The van der Waals surface area contributed by atoms with Crippen LogP contribution in [0.4, 0.5) is 9.59 Å². The number of aromatic hydroxyl groups is 2. The van der Waals surface area contributed by atoms with Crippen LogP contribution >= 0.6 is 0 Å². The first-order valence-corrected chi connectivity index (χ1v) is 45.2. The maximum atomic E-state index is 13.6. The number of rotatable bonds is 18. The van der Waals surface area contributed by atoms with Crippen molar-refractivity contribution >= 4 is 35.8 Å². The highest BCUT2D eigenvalue weighted by Gasteiger charge is 2.44. The number of fused-ring (bicyclic) bond motifs is 2. The van der Waals surface area contributed by atoms with Gasteiger partial charge in [-0.15, -0.1) is 0 Å². The third kappa shape index (κ3) is 35.4. The second kappa shape index (κ2) is 49.0. The van der Waals surface area contributed by atoms with Gasteiger partial charge in [-0.1, -0.05) is 90.8 Å². The van der Waals surface area contributed by atoms with Crippen LogP contribution in [0.5, 0.6) is 11.5 Å². The van der Waals surface area contributed by atoms with Gasteiger partial charge >= 0.3 is 12.2 Å². The fourth-order valence-electron chi connectivity index (χ4n) is 17.2. The fraction of sp³-hybridized carbons (Fsp3) is 0.812. The molecule has 2 aromatic rings. The fourth-order valence-corrected chi connectivity index (χ4v) is 17.2. The molecule has 11 N–H and O–H groups in total. The van der Waals surface area contributed by atoms with Gasteiger partial charge in [-0.3, -0.25) is 24.1 Å². The average Bonchev–Trinajstić information content (AvgIpc) is 1.73. The predicted molar refractivity (Wildman–Crippen MR) is 488 cm³/mol.